The molecule has 0 radical (unpaired) electrons. The number of amides is 1. The molecule has 2 saturated heterocycles. The summed E-state index contributed by atoms with van der Waals surface area (Å²) in [5.41, 5.74) is 0.828. The molecule has 1 aromatic carbocycles. The van der Waals surface area contributed by atoms with E-state index < -0.39 is 0 Å². The SMILES string of the molecule is COC(=O)[C@H]1CC[C@@H](CN2CCCC2)N(C(=O)Cc2ccc(Cl)c(Cl)c2)C1.Cl. The van der Waals surface area contributed by atoms with E-state index in [-0.39, 0.29) is 42.7 Å². The fourth-order valence-corrected chi connectivity index (χ4v) is 4.39. The number of hydrogen-bond donors (Lipinski definition) is 0. The van der Waals surface area contributed by atoms with Crippen LogP contribution in [0.15, 0.2) is 18.2 Å². The highest BCUT2D eigenvalue weighted by Crippen LogP contribution is 2.27. The van der Waals surface area contributed by atoms with Crippen LogP contribution in [-0.2, 0) is 20.7 Å². The summed E-state index contributed by atoms with van der Waals surface area (Å²) in [4.78, 5) is 29.4. The van der Waals surface area contributed by atoms with Crippen LogP contribution >= 0.6 is 35.6 Å². The molecule has 0 bridgehead atoms. The summed E-state index contributed by atoms with van der Waals surface area (Å²) in [7, 11) is 1.40. The normalized spacial score (nSPS) is 22.6. The molecule has 0 unspecified atom stereocenters. The third-order valence-electron chi connectivity index (χ3n) is 5.57. The zero-order chi connectivity index (χ0) is 19.4. The number of rotatable bonds is 5. The predicted molar refractivity (Wildman–Crippen MR) is 113 cm³/mol. The molecule has 5 nitrogen and oxygen atoms in total. The minimum Gasteiger partial charge on any atom is -0.469 e. The molecule has 2 aliphatic rings. The van der Waals surface area contributed by atoms with Crippen molar-refractivity contribution in [3.05, 3.63) is 33.8 Å². The molecule has 0 saturated carbocycles. The fourth-order valence-electron chi connectivity index (χ4n) is 4.07. The van der Waals surface area contributed by atoms with Gasteiger partial charge in [-0.15, -0.1) is 12.4 Å². The number of methoxy groups -OCH3 is 1. The lowest BCUT2D eigenvalue weighted by Gasteiger charge is -2.40. The van der Waals surface area contributed by atoms with Gasteiger partial charge in [0.05, 0.1) is 29.5 Å². The van der Waals surface area contributed by atoms with Crippen molar-refractivity contribution in [3.8, 4) is 0 Å². The van der Waals surface area contributed by atoms with Crippen molar-refractivity contribution in [3.63, 3.8) is 0 Å². The molecule has 8 heteroatoms. The molecule has 2 heterocycles. The van der Waals surface area contributed by atoms with Gasteiger partial charge in [-0.2, -0.15) is 0 Å². The van der Waals surface area contributed by atoms with Gasteiger partial charge in [0.25, 0.3) is 0 Å². The lowest BCUT2D eigenvalue weighted by Crippen LogP contribution is -2.53. The second kappa shape index (κ2) is 10.7. The van der Waals surface area contributed by atoms with Gasteiger partial charge in [-0.1, -0.05) is 29.3 Å². The van der Waals surface area contributed by atoms with E-state index in [1.807, 2.05) is 11.0 Å². The van der Waals surface area contributed by atoms with Crippen molar-refractivity contribution in [2.75, 3.05) is 33.3 Å². The molecule has 2 fully saturated rings. The van der Waals surface area contributed by atoms with E-state index in [1.165, 1.54) is 20.0 Å². The first-order valence-electron chi connectivity index (χ1n) is 9.51. The molecular formula is C20H27Cl3N2O3. The van der Waals surface area contributed by atoms with Gasteiger partial charge in [0, 0.05) is 19.1 Å². The number of piperidine rings is 1. The van der Waals surface area contributed by atoms with Gasteiger partial charge >= 0.3 is 5.97 Å². The summed E-state index contributed by atoms with van der Waals surface area (Å²) in [6.07, 6.45) is 4.27. The highest BCUT2D eigenvalue weighted by atomic mass is 35.5. The Balaban J connectivity index is 0.00000280. The van der Waals surface area contributed by atoms with Crippen molar-refractivity contribution < 1.29 is 14.3 Å². The van der Waals surface area contributed by atoms with Gasteiger partial charge in [-0.25, -0.2) is 0 Å². The van der Waals surface area contributed by atoms with E-state index in [2.05, 4.69) is 4.90 Å². The smallest absolute Gasteiger partial charge is 0.310 e. The van der Waals surface area contributed by atoms with Crippen LogP contribution in [0.1, 0.15) is 31.2 Å². The third-order valence-corrected chi connectivity index (χ3v) is 6.31. The van der Waals surface area contributed by atoms with E-state index in [0.29, 0.717) is 16.6 Å². The zero-order valence-corrected chi connectivity index (χ0v) is 18.4. The Hall–Kier alpha value is -1.01. The Morgan fingerprint density at radius 2 is 1.86 bits per heavy atom. The molecular weight excluding hydrogens is 423 g/mol. The molecule has 0 N–H and O–H groups in total. The Kier molecular flexibility index (Phi) is 8.87. The summed E-state index contributed by atoms with van der Waals surface area (Å²) < 4.78 is 4.91. The highest BCUT2D eigenvalue weighted by Gasteiger charge is 2.36. The Labute approximate surface area is 182 Å². The number of likely N-dealkylation sites (tertiary alicyclic amines) is 2. The first-order chi connectivity index (χ1) is 13.0. The monoisotopic (exact) mass is 448 g/mol. The molecule has 2 aliphatic heterocycles. The van der Waals surface area contributed by atoms with E-state index in [9.17, 15) is 9.59 Å². The summed E-state index contributed by atoms with van der Waals surface area (Å²) in [5.74, 6) is -0.462. The van der Waals surface area contributed by atoms with E-state index in [0.717, 1.165) is 38.0 Å². The Morgan fingerprint density at radius 3 is 2.50 bits per heavy atom. The van der Waals surface area contributed by atoms with Crippen LogP contribution in [0.25, 0.3) is 0 Å². The maximum atomic E-state index is 13.1. The third kappa shape index (κ3) is 5.76. The number of ether oxygens (including phenoxy) is 1. The van der Waals surface area contributed by atoms with Crippen LogP contribution in [-0.4, -0.2) is 61.0 Å². The molecule has 28 heavy (non-hydrogen) atoms. The van der Waals surface area contributed by atoms with Crippen molar-refractivity contribution in [1.82, 2.24) is 9.80 Å². The number of carbonyl (C=O) groups is 2. The van der Waals surface area contributed by atoms with Gasteiger partial charge in [0.15, 0.2) is 0 Å². The minimum atomic E-state index is -0.248. The standard InChI is InChI=1S/C20H26Cl2N2O3.ClH/c1-27-20(26)15-5-6-16(13-23-8-2-3-9-23)24(12-15)19(25)11-14-4-7-17(21)18(22)10-14;/h4,7,10,15-16H,2-3,5-6,8-9,11-13H2,1H3;1H/t15-,16-;/m0./s1. The zero-order valence-electron chi connectivity index (χ0n) is 16.0. The van der Waals surface area contributed by atoms with Crippen LogP contribution in [0, 0.1) is 5.92 Å². The van der Waals surface area contributed by atoms with Crippen molar-refractivity contribution in [1.29, 1.82) is 0 Å². The largest absolute Gasteiger partial charge is 0.469 e. The topological polar surface area (TPSA) is 49.9 Å². The molecule has 156 valence electrons. The number of nitrogens with zero attached hydrogens (tertiary/aromatic N) is 2. The summed E-state index contributed by atoms with van der Waals surface area (Å²) in [5, 5.41) is 0.921. The van der Waals surface area contributed by atoms with Crippen molar-refractivity contribution in [2.24, 2.45) is 5.92 Å². The Morgan fingerprint density at radius 1 is 1.14 bits per heavy atom. The predicted octanol–water partition coefficient (Wildman–Crippen LogP) is 3.83. The second-order valence-electron chi connectivity index (χ2n) is 7.43. The maximum Gasteiger partial charge on any atom is 0.310 e. The molecule has 2 atom stereocenters. The fraction of sp³-hybridized carbons (Fsp3) is 0.600. The number of benzene rings is 1. The maximum absolute atomic E-state index is 13.1. The summed E-state index contributed by atoms with van der Waals surface area (Å²) >= 11 is 12.1. The van der Waals surface area contributed by atoms with Crippen molar-refractivity contribution >= 4 is 47.5 Å². The quantitative estimate of drug-likeness (QED) is 0.641. The molecule has 0 spiro atoms. The summed E-state index contributed by atoms with van der Waals surface area (Å²) in [6.45, 7) is 3.48. The van der Waals surface area contributed by atoms with Gasteiger partial charge in [0.1, 0.15) is 0 Å². The van der Waals surface area contributed by atoms with Gasteiger partial charge < -0.3 is 14.5 Å². The van der Waals surface area contributed by atoms with Crippen LogP contribution in [0.3, 0.4) is 0 Å². The second-order valence-corrected chi connectivity index (χ2v) is 8.24. The van der Waals surface area contributed by atoms with E-state index >= 15 is 0 Å². The molecule has 1 amide bonds. The summed E-state index contributed by atoms with van der Waals surface area (Å²) in [6, 6.07) is 5.41. The average molecular weight is 450 g/mol. The van der Waals surface area contributed by atoms with Crippen LogP contribution in [0.2, 0.25) is 10.0 Å². The highest BCUT2D eigenvalue weighted by molar-refractivity contribution is 6.42. The molecule has 0 aromatic heterocycles. The van der Waals surface area contributed by atoms with E-state index in [1.54, 1.807) is 12.1 Å². The molecule has 3 rings (SSSR count). The Bertz CT molecular complexity index is 695. The first-order valence-corrected chi connectivity index (χ1v) is 10.3. The molecule has 0 aliphatic carbocycles. The lowest BCUT2D eigenvalue weighted by molar-refractivity contribution is -0.150. The van der Waals surface area contributed by atoms with Crippen LogP contribution in [0.5, 0.6) is 0 Å². The molecule has 1 aromatic rings. The lowest BCUT2D eigenvalue weighted by atomic mass is 9.91. The van der Waals surface area contributed by atoms with E-state index in [4.69, 9.17) is 27.9 Å². The average Bonchev–Trinajstić information content (AvgIpc) is 3.17. The van der Waals surface area contributed by atoms with Crippen LogP contribution < -0.4 is 0 Å². The number of hydrogen-bond acceptors (Lipinski definition) is 4. The van der Waals surface area contributed by atoms with Crippen LogP contribution in [0.4, 0.5) is 0 Å². The number of carbonyl (C=O) groups excluding carboxylic acids is 2. The number of halogens is 3. The van der Waals surface area contributed by atoms with Crippen molar-refractivity contribution in [2.45, 2.75) is 38.1 Å². The van der Waals surface area contributed by atoms with Gasteiger partial charge in [-0.3, -0.25) is 9.59 Å². The minimum absolute atomic E-state index is 0. The number of esters is 1. The van der Waals surface area contributed by atoms with Gasteiger partial charge in [-0.05, 0) is 56.5 Å². The van der Waals surface area contributed by atoms with Gasteiger partial charge in [0.2, 0.25) is 5.91 Å². The first kappa shape index (κ1) is 23.3.